The maximum absolute atomic E-state index is 12.3. The van der Waals surface area contributed by atoms with Gasteiger partial charge >= 0.3 is 0 Å². The smallest absolute Gasteiger partial charge is 0.255 e. The van der Waals surface area contributed by atoms with Crippen LogP contribution in [-0.4, -0.2) is 25.9 Å². The molecule has 2 amide bonds. The van der Waals surface area contributed by atoms with Gasteiger partial charge in [-0.05, 0) is 55.3 Å². The molecule has 2 aromatic carbocycles. The zero-order chi connectivity index (χ0) is 17.1. The molecule has 0 atom stereocenters. The van der Waals surface area contributed by atoms with Gasteiger partial charge in [0.05, 0.1) is 0 Å². The Hall–Kier alpha value is -2.82. The molecule has 24 heavy (non-hydrogen) atoms. The molecule has 5 heteroatoms. The molecule has 0 saturated heterocycles. The summed E-state index contributed by atoms with van der Waals surface area (Å²) in [4.78, 5) is 26.0. The van der Waals surface area contributed by atoms with E-state index in [9.17, 15) is 9.59 Å². The lowest BCUT2D eigenvalue weighted by molar-refractivity contribution is -0.117. The molecule has 0 radical (unpaired) electrons. The van der Waals surface area contributed by atoms with Gasteiger partial charge in [0.25, 0.3) is 5.91 Å². The minimum Gasteiger partial charge on any atom is -0.378 e. The zero-order valence-corrected chi connectivity index (χ0v) is 13.9. The molecular weight excluding hydrogens is 302 g/mol. The van der Waals surface area contributed by atoms with Crippen LogP contribution >= 0.6 is 0 Å². The number of carbonyl (C=O) groups excluding carboxylic acids is 2. The van der Waals surface area contributed by atoms with E-state index in [4.69, 9.17) is 0 Å². The molecule has 3 rings (SSSR count). The van der Waals surface area contributed by atoms with Gasteiger partial charge in [-0.15, -0.1) is 0 Å². The lowest BCUT2D eigenvalue weighted by Gasteiger charge is -2.13. The van der Waals surface area contributed by atoms with Gasteiger partial charge < -0.3 is 15.5 Å². The molecule has 2 aromatic rings. The standard InChI is InChI=1S/C19H21N3O2/c1-22(2)17-5-3-4-14(12-17)19(24)21-16-10-8-15(9-11-16)20-18(23)13-6-7-13/h3-5,8-13H,6-7H2,1-2H3,(H,20,23)(H,21,24). The SMILES string of the molecule is CN(C)c1cccc(C(=O)Nc2ccc(NC(=O)C3CC3)cc2)c1. The van der Waals surface area contributed by atoms with E-state index in [1.54, 1.807) is 30.3 Å². The van der Waals surface area contributed by atoms with Crippen molar-refractivity contribution >= 4 is 28.9 Å². The summed E-state index contributed by atoms with van der Waals surface area (Å²) in [5, 5.41) is 5.75. The van der Waals surface area contributed by atoms with Gasteiger partial charge in [0.1, 0.15) is 0 Å². The van der Waals surface area contributed by atoms with Gasteiger partial charge in [-0.1, -0.05) is 6.07 Å². The summed E-state index contributed by atoms with van der Waals surface area (Å²) in [6, 6.07) is 14.6. The van der Waals surface area contributed by atoms with E-state index in [0.29, 0.717) is 11.3 Å². The summed E-state index contributed by atoms with van der Waals surface area (Å²) in [5.41, 5.74) is 3.02. The largest absolute Gasteiger partial charge is 0.378 e. The van der Waals surface area contributed by atoms with Crippen molar-refractivity contribution in [3.63, 3.8) is 0 Å². The quantitative estimate of drug-likeness (QED) is 0.887. The number of nitrogens with zero attached hydrogens (tertiary/aromatic N) is 1. The fraction of sp³-hybridized carbons (Fsp3) is 0.263. The van der Waals surface area contributed by atoms with Crippen molar-refractivity contribution in [2.45, 2.75) is 12.8 Å². The average molecular weight is 323 g/mol. The number of benzene rings is 2. The first-order valence-corrected chi connectivity index (χ1v) is 8.02. The molecule has 5 nitrogen and oxygen atoms in total. The van der Waals surface area contributed by atoms with Crippen molar-refractivity contribution in [2.75, 3.05) is 29.6 Å². The summed E-state index contributed by atoms with van der Waals surface area (Å²) in [6.45, 7) is 0. The highest BCUT2D eigenvalue weighted by Crippen LogP contribution is 2.30. The highest BCUT2D eigenvalue weighted by Gasteiger charge is 2.29. The lowest BCUT2D eigenvalue weighted by atomic mass is 10.1. The van der Waals surface area contributed by atoms with Crippen LogP contribution in [0.25, 0.3) is 0 Å². The molecule has 0 bridgehead atoms. The van der Waals surface area contributed by atoms with E-state index in [-0.39, 0.29) is 17.7 Å². The number of amides is 2. The first-order chi connectivity index (χ1) is 11.5. The van der Waals surface area contributed by atoms with E-state index >= 15 is 0 Å². The predicted octanol–water partition coefficient (Wildman–Crippen LogP) is 3.35. The second-order valence-corrected chi connectivity index (χ2v) is 6.24. The number of rotatable bonds is 5. The van der Waals surface area contributed by atoms with E-state index in [0.717, 1.165) is 24.2 Å². The fourth-order valence-corrected chi connectivity index (χ4v) is 2.36. The van der Waals surface area contributed by atoms with Crippen molar-refractivity contribution in [1.82, 2.24) is 0 Å². The molecule has 1 saturated carbocycles. The summed E-state index contributed by atoms with van der Waals surface area (Å²) >= 11 is 0. The van der Waals surface area contributed by atoms with Gasteiger partial charge in [0.15, 0.2) is 0 Å². The van der Waals surface area contributed by atoms with Gasteiger partial charge in [-0.25, -0.2) is 0 Å². The highest BCUT2D eigenvalue weighted by molar-refractivity contribution is 6.05. The van der Waals surface area contributed by atoms with Crippen molar-refractivity contribution < 1.29 is 9.59 Å². The Morgan fingerprint density at radius 3 is 2.17 bits per heavy atom. The molecule has 1 aliphatic carbocycles. The van der Waals surface area contributed by atoms with Crippen LogP contribution in [0.5, 0.6) is 0 Å². The molecule has 1 aliphatic rings. The molecule has 2 N–H and O–H groups in total. The number of anilines is 3. The van der Waals surface area contributed by atoms with Crippen LogP contribution in [0.2, 0.25) is 0 Å². The van der Waals surface area contributed by atoms with E-state index in [1.165, 1.54) is 0 Å². The predicted molar refractivity (Wildman–Crippen MR) is 96.5 cm³/mol. The van der Waals surface area contributed by atoms with E-state index in [2.05, 4.69) is 10.6 Å². The molecule has 0 spiro atoms. The topological polar surface area (TPSA) is 61.4 Å². The maximum Gasteiger partial charge on any atom is 0.255 e. The number of carbonyl (C=O) groups is 2. The molecule has 0 heterocycles. The number of nitrogens with one attached hydrogen (secondary N) is 2. The van der Waals surface area contributed by atoms with Crippen LogP contribution in [0.15, 0.2) is 48.5 Å². The monoisotopic (exact) mass is 323 g/mol. The van der Waals surface area contributed by atoms with Crippen LogP contribution in [-0.2, 0) is 4.79 Å². The van der Waals surface area contributed by atoms with E-state index < -0.39 is 0 Å². The van der Waals surface area contributed by atoms with Crippen molar-refractivity contribution in [1.29, 1.82) is 0 Å². The van der Waals surface area contributed by atoms with Crippen molar-refractivity contribution in [3.8, 4) is 0 Å². The first-order valence-electron chi connectivity index (χ1n) is 8.02. The number of hydrogen-bond donors (Lipinski definition) is 2. The first kappa shape index (κ1) is 16.1. The van der Waals surface area contributed by atoms with E-state index in [1.807, 2.05) is 37.2 Å². The fourth-order valence-electron chi connectivity index (χ4n) is 2.36. The minimum atomic E-state index is -0.159. The highest BCUT2D eigenvalue weighted by atomic mass is 16.2. The Kier molecular flexibility index (Phi) is 4.51. The molecule has 1 fully saturated rings. The second-order valence-electron chi connectivity index (χ2n) is 6.24. The van der Waals surface area contributed by atoms with Crippen LogP contribution in [0.1, 0.15) is 23.2 Å². The van der Waals surface area contributed by atoms with Gasteiger partial charge in [0.2, 0.25) is 5.91 Å². The van der Waals surface area contributed by atoms with Crippen LogP contribution in [0, 0.1) is 5.92 Å². The van der Waals surface area contributed by atoms with Crippen molar-refractivity contribution in [3.05, 3.63) is 54.1 Å². The molecular formula is C19H21N3O2. The maximum atomic E-state index is 12.3. The van der Waals surface area contributed by atoms with Crippen LogP contribution in [0.3, 0.4) is 0 Å². The zero-order valence-electron chi connectivity index (χ0n) is 13.9. The van der Waals surface area contributed by atoms with Gasteiger partial charge in [-0.2, -0.15) is 0 Å². The number of hydrogen-bond acceptors (Lipinski definition) is 3. The van der Waals surface area contributed by atoms with Crippen molar-refractivity contribution in [2.24, 2.45) is 5.92 Å². The molecule has 124 valence electrons. The second kappa shape index (κ2) is 6.74. The summed E-state index contributed by atoms with van der Waals surface area (Å²) in [6.07, 6.45) is 1.96. The molecule has 0 unspecified atom stereocenters. The Morgan fingerprint density at radius 2 is 1.58 bits per heavy atom. The Balaban J connectivity index is 1.63. The summed E-state index contributed by atoms with van der Waals surface area (Å²) in [7, 11) is 3.87. The Labute approximate surface area is 141 Å². The average Bonchev–Trinajstić information content (AvgIpc) is 3.41. The lowest BCUT2D eigenvalue weighted by Crippen LogP contribution is -2.15. The van der Waals surface area contributed by atoms with Crippen LogP contribution < -0.4 is 15.5 Å². The Morgan fingerprint density at radius 1 is 0.958 bits per heavy atom. The minimum absolute atomic E-state index is 0.0762. The van der Waals surface area contributed by atoms with Gasteiger partial charge in [0, 0.05) is 42.6 Å². The third kappa shape index (κ3) is 3.93. The summed E-state index contributed by atoms with van der Waals surface area (Å²) < 4.78 is 0. The van der Waals surface area contributed by atoms with Gasteiger partial charge in [-0.3, -0.25) is 9.59 Å². The third-order valence-electron chi connectivity index (χ3n) is 3.98. The summed E-state index contributed by atoms with van der Waals surface area (Å²) in [5.74, 6) is 0.0918. The Bertz CT molecular complexity index is 749. The molecule has 0 aromatic heterocycles. The van der Waals surface area contributed by atoms with Crippen LogP contribution in [0.4, 0.5) is 17.1 Å². The molecule has 0 aliphatic heterocycles. The normalized spacial score (nSPS) is 13.2. The third-order valence-corrected chi connectivity index (χ3v) is 3.98.